The van der Waals surface area contributed by atoms with Crippen LogP contribution in [0.4, 0.5) is 0 Å². The lowest BCUT2D eigenvalue weighted by atomic mass is 10.1. The van der Waals surface area contributed by atoms with E-state index in [0.29, 0.717) is 11.5 Å². The Balaban J connectivity index is 2.48. The van der Waals surface area contributed by atoms with Crippen molar-refractivity contribution in [3.05, 3.63) is 46.5 Å². The lowest BCUT2D eigenvalue weighted by Crippen LogP contribution is -1.90. The van der Waals surface area contributed by atoms with Gasteiger partial charge in [-0.15, -0.1) is 0 Å². The fourth-order valence-electron chi connectivity index (χ4n) is 2.28. The molecule has 2 N–H and O–H groups in total. The van der Waals surface area contributed by atoms with Gasteiger partial charge in [-0.2, -0.15) is 0 Å². The van der Waals surface area contributed by atoms with Gasteiger partial charge in [-0.05, 0) is 74.2 Å². The maximum atomic E-state index is 9.59. The van der Waals surface area contributed by atoms with Crippen molar-refractivity contribution in [2.24, 2.45) is 0 Å². The summed E-state index contributed by atoms with van der Waals surface area (Å²) in [7, 11) is 0. The number of rotatable bonds is 2. The Morgan fingerprint density at radius 3 is 1.16 bits per heavy atom. The Morgan fingerprint density at radius 2 is 0.895 bits per heavy atom. The van der Waals surface area contributed by atoms with Crippen molar-refractivity contribution in [3.63, 3.8) is 0 Å². The summed E-state index contributed by atoms with van der Waals surface area (Å²) < 4.78 is 0. The number of hydrogen-bond donors (Lipinski definition) is 2. The molecule has 0 aliphatic rings. The van der Waals surface area contributed by atoms with Crippen LogP contribution in [0.15, 0.2) is 34.1 Å². The van der Waals surface area contributed by atoms with Gasteiger partial charge in [0.2, 0.25) is 0 Å². The van der Waals surface area contributed by atoms with Crippen LogP contribution in [-0.4, -0.2) is 10.2 Å². The molecule has 100 valence electrons. The average Bonchev–Trinajstić information content (AvgIpc) is 2.25. The van der Waals surface area contributed by atoms with Crippen LogP contribution in [-0.2, 0) is 0 Å². The summed E-state index contributed by atoms with van der Waals surface area (Å²) in [6, 6.07) is 7.11. The first-order chi connectivity index (χ1) is 8.88. The van der Waals surface area contributed by atoms with Gasteiger partial charge in [-0.25, -0.2) is 0 Å². The van der Waals surface area contributed by atoms with Gasteiger partial charge in [-0.1, -0.05) is 11.8 Å². The van der Waals surface area contributed by atoms with Crippen molar-refractivity contribution in [2.75, 3.05) is 0 Å². The van der Waals surface area contributed by atoms with Gasteiger partial charge in [0, 0.05) is 9.79 Å². The molecule has 0 amide bonds. The lowest BCUT2D eigenvalue weighted by molar-refractivity contribution is 0.473. The Labute approximate surface area is 118 Å². The van der Waals surface area contributed by atoms with Crippen LogP contribution in [0.5, 0.6) is 11.5 Å². The highest BCUT2D eigenvalue weighted by molar-refractivity contribution is 7.99. The number of phenols is 2. The number of phenolic OH excluding ortho intramolecular Hbond substituents is 2. The van der Waals surface area contributed by atoms with E-state index in [1.165, 1.54) is 0 Å². The lowest BCUT2D eigenvalue weighted by Gasteiger charge is -2.14. The van der Waals surface area contributed by atoms with E-state index in [-0.39, 0.29) is 0 Å². The summed E-state index contributed by atoms with van der Waals surface area (Å²) >= 11 is 1.69. The number of hydrogen-bond acceptors (Lipinski definition) is 3. The molecule has 2 rings (SSSR count). The minimum Gasteiger partial charge on any atom is -0.508 e. The van der Waals surface area contributed by atoms with Crippen molar-refractivity contribution >= 4 is 11.8 Å². The van der Waals surface area contributed by atoms with Gasteiger partial charge in [-0.3, -0.25) is 0 Å². The molecular weight excluding hydrogens is 256 g/mol. The van der Waals surface area contributed by atoms with Crippen LogP contribution in [0.25, 0.3) is 0 Å². The molecule has 0 saturated carbocycles. The molecule has 0 aliphatic heterocycles. The molecule has 0 bridgehead atoms. The Morgan fingerprint density at radius 1 is 0.632 bits per heavy atom. The monoisotopic (exact) mass is 274 g/mol. The zero-order chi connectivity index (χ0) is 14.2. The summed E-state index contributed by atoms with van der Waals surface area (Å²) in [5.74, 6) is 0.608. The third-order valence-electron chi connectivity index (χ3n) is 3.09. The van der Waals surface area contributed by atoms with Gasteiger partial charge in [0.15, 0.2) is 0 Å². The first-order valence-corrected chi connectivity index (χ1v) is 6.98. The van der Waals surface area contributed by atoms with Crippen molar-refractivity contribution < 1.29 is 10.2 Å². The molecule has 2 aromatic rings. The van der Waals surface area contributed by atoms with Crippen LogP contribution in [0.3, 0.4) is 0 Å². The minimum absolute atomic E-state index is 0.304. The van der Waals surface area contributed by atoms with Crippen LogP contribution in [0.2, 0.25) is 0 Å². The Kier molecular flexibility index (Phi) is 3.76. The number of benzene rings is 2. The van der Waals surface area contributed by atoms with E-state index >= 15 is 0 Å². The maximum absolute atomic E-state index is 9.59. The molecule has 0 heterocycles. The summed E-state index contributed by atoms with van der Waals surface area (Å²) in [5.41, 5.74) is 4.26. The standard InChI is InChI=1S/C16H18O2S/c1-9-5-13(17)6-10(2)15(9)19-16-11(3)7-14(18)8-12(16)4/h5-8,17-18H,1-4H3. The molecule has 0 aromatic heterocycles. The molecule has 3 heteroatoms. The molecule has 0 aliphatic carbocycles. The van der Waals surface area contributed by atoms with Crippen LogP contribution in [0, 0.1) is 27.7 Å². The normalized spacial score (nSPS) is 10.7. The zero-order valence-corrected chi connectivity index (χ0v) is 12.4. The molecule has 2 aromatic carbocycles. The van der Waals surface area contributed by atoms with Gasteiger partial charge in [0.1, 0.15) is 11.5 Å². The fourth-order valence-corrected chi connectivity index (χ4v) is 3.36. The van der Waals surface area contributed by atoms with Crippen molar-refractivity contribution in [1.29, 1.82) is 0 Å². The average molecular weight is 274 g/mol. The molecule has 0 unspecified atom stereocenters. The fraction of sp³-hybridized carbons (Fsp3) is 0.250. The van der Waals surface area contributed by atoms with E-state index in [9.17, 15) is 10.2 Å². The molecule has 2 nitrogen and oxygen atoms in total. The quantitative estimate of drug-likeness (QED) is 0.848. The number of aromatic hydroxyl groups is 2. The van der Waals surface area contributed by atoms with Gasteiger partial charge < -0.3 is 10.2 Å². The first kappa shape index (κ1) is 13.8. The summed E-state index contributed by atoms with van der Waals surface area (Å²) in [4.78, 5) is 2.32. The molecule has 19 heavy (non-hydrogen) atoms. The van der Waals surface area contributed by atoms with Crippen molar-refractivity contribution in [3.8, 4) is 11.5 Å². The predicted octanol–water partition coefficient (Wildman–Crippen LogP) is 4.48. The maximum Gasteiger partial charge on any atom is 0.116 e. The SMILES string of the molecule is Cc1cc(O)cc(C)c1Sc1c(C)cc(O)cc1C. The molecule has 0 radical (unpaired) electrons. The van der Waals surface area contributed by atoms with Gasteiger partial charge >= 0.3 is 0 Å². The van der Waals surface area contributed by atoms with Crippen LogP contribution < -0.4 is 0 Å². The van der Waals surface area contributed by atoms with E-state index in [1.54, 1.807) is 36.0 Å². The third kappa shape index (κ3) is 2.87. The third-order valence-corrected chi connectivity index (χ3v) is 4.79. The topological polar surface area (TPSA) is 40.5 Å². The molecule has 0 fully saturated rings. The van der Waals surface area contributed by atoms with Crippen molar-refractivity contribution in [2.45, 2.75) is 37.5 Å². The minimum atomic E-state index is 0.304. The zero-order valence-electron chi connectivity index (χ0n) is 11.6. The summed E-state index contributed by atoms with van der Waals surface area (Å²) in [6.45, 7) is 8.00. The van der Waals surface area contributed by atoms with Crippen LogP contribution >= 0.6 is 11.8 Å². The predicted molar refractivity (Wildman–Crippen MR) is 79.3 cm³/mol. The van der Waals surface area contributed by atoms with Gasteiger partial charge in [0.25, 0.3) is 0 Å². The highest BCUT2D eigenvalue weighted by atomic mass is 32.2. The van der Waals surface area contributed by atoms with E-state index < -0.39 is 0 Å². The Bertz CT molecular complexity index is 531. The smallest absolute Gasteiger partial charge is 0.116 e. The second kappa shape index (κ2) is 5.17. The first-order valence-electron chi connectivity index (χ1n) is 6.16. The van der Waals surface area contributed by atoms with E-state index in [2.05, 4.69) is 0 Å². The number of aryl methyl sites for hydroxylation is 4. The van der Waals surface area contributed by atoms with Crippen LogP contribution in [0.1, 0.15) is 22.3 Å². The summed E-state index contributed by atoms with van der Waals surface area (Å²) in [6.07, 6.45) is 0. The molecular formula is C16H18O2S. The summed E-state index contributed by atoms with van der Waals surface area (Å²) in [5, 5.41) is 19.2. The van der Waals surface area contributed by atoms with E-state index in [4.69, 9.17) is 0 Å². The van der Waals surface area contributed by atoms with Crippen molar-refractivity contribution in [1.82, 2.24) is 0 Å². The second-order valence-electron chi connectivity index (χ2n) is 4.92. The molecule has 0 spiro atoms. The highest BCUT2D eigenvalue weighted by Gasteiger charge is 2.11. The highest BCUT2D eigenvalue weighted by Crippen LogP contribution is 2.39. The van der Waals surface area contributed by atoms with Gasteiger partial charge in [0.05, 0.1) is 0 Å². The van der Waals surface area contributed by atoms with E-state index in [1.807, 2.05) is 27.7 Å². The molecule has 0 saturated heterocycles. The van der Waals surface area contributed by atoms with E-state index in [0.717, 1.165) is 32.0 Å². The largest absolute Gasteiger partial charge is 0.508 e. The second-order valence-corrected chi connectivity index (χ2v) is 5.94. The Hall–Kier alpha value is -1.61. The molecule has 0 atom stereocenters.